The first kappa shape index (κ1) is 11.2. The summed E-state index contributed by atoms with van der Waals surface area (Å²) < 4.78 is 0. The van der Waals surface area contributed by atoms with Gasteiger partial charge in [-0.15, -0.1) is 0 Å². The van der Waals surface area contributed by atoms with Gasteiger partial charge in [0, 0.05) is 18.5 Å². The zero-order chi connectivity index (χ0) is 11.7. The van der Waals surface area contributed by atoms with Crippen molar-refractivity contribution in [1.29, 1.82) is 0 Å². The number of nitrogens with zero attached hydrogens (tertiary/aromatic N) is 1. The lowest BCUT2D eigenvalue weighted by Crippen LogP contribution is -2.42. The molecule has 0 bridgehead atoms. The number of benzene rings is 1. The van der Waals surface area contributed by atoms with Crippen molar-refractivity contribution in [3.63, 3.8) is 0 Å². The molecule has 2 fully saturated rings. The summed E-state index contributed by atoms with van der Waals surface area (Å²) in [5.41, 5.74) is 1.89. The van der Waals surface area contributed by atoms with Gasteiger partial charge in [-0.25, -0.2) is 0 Å². The minimum atomic E-state index is -0.102. The topological polar surface area (TPSA) is 23.5 Å². The van der Waals surface area contributed by atoms with Gasteiger partial charge in [-0.2, -0.15) is 0 Å². The Morgan fingerprint density at radius 1 is 1.24 bits per heavy atom. The standard InChI is InChI=1S/C15H21NO/c17-14-7-4-10-16(11-14)12-15(8-9-15)13-5-2-1-3-6-13/h1-3,5-6,14,17H,4,7-12H2/t14-/m1/s1. The van der Waals surface area contributed by atoms with Crippen molar-refractivity contribution in [2.24, 2.45) is 0 Å². The van der Waals surface area contributed by atoms with Crippen LogP contribution in [0.15, 0.2) is 30.3 Å². The first-order valence-electron chi connectivity index (χ1n) is 6.74. The van der Waals surface area contributed by atoms with Crippen LogP contribution in [0.5, 0.6) is 0 Å². The number of rotatable bonds is 3. The number of likely N-dealkylation sites (tertiary alicyclic amines) is 1. The molecule has 1 atom stereocenters. The summed E-state index contributed by atoms with van der Waals surface area (Å²) in [7, 11) is 0. The van der Waals surface area contributed by atoms with Gasteiger partial charge in [0.25, 0.3) is 0 Å². The molecule has 0 aromatic heterocycles. The molecule has 1 N–H and O–H groups in total. The molecule has 1 aliphatic carbocycles. The maximum atomic E-state index is 9.73. The van der Waals surface area contributed by atoms with Crippen LogP contribution in [0.25, 0.3) is 0 Å². The van der Waals surface area contributed by atoms with Gasteiger partial charge in [-0.1, -0.05) is 30.3 Å². The number of β-amino-alcohol motifs (C(OH)–C–C–N with tert-alkyl or cyclic N) is 1. The molecule has 1 heterocycles. The Hall–Kier alpha value is -0.860. The normalized spacial score (nSPS) is 27.9. The van der Waals surface area contributed by atoms with Crippen LogP contribution in [0.1, 0.15) is 31.2 Å². The van der Waals surface area contributed by atoms with E-state index in [9.17, 15) is 5.11 Å². The van der Waals surface area contributed by atoms with Gasteiger partial charge in [0.1, 0.15) is 0 Å². The highest BCUT2D eigenvalue weighted by Gasteiger charge is 2.45. The Labute approximate surface area is 103 Å². The number of aliphatic hydroxyl groups excluding tert-OH is 1. The van der Waals surface area contributed by atoms with Crippen LogP contribution in [-0.2, 0) is 5.41 Å². The Bertz CT molecular complexity index is 372. The van der Waals surface area contributed by atoms with Gasteiger partial charge in [-0.3, -0.25) is 4.90 Å². The molecule has 2 aliphatic rings. The first-order chi connectivity index (χ1) is 8.28. The Morgan fingerprint density at radius 3 is 2.65 bits per heavy atom. The van der Waals surface area contributed by atoms with Crippen LogP contribution in [0, 0.1) is 0 Å². The molecule has 1 saturated heterocycles. The van der Waals surface area contributed by atoms with Gasteiger partial charge < -0.3 is 5.11 Å². The van der Waals surface area contributed by atoms with Crippen molar-refractivity contribution in [3.8, 4) is 0 Å². The maximum absolute atomic E-state index is 9.73. The van der Waals surface area contributed by atoms with Crippen molar-refractivity contribution in [1.82, 2.24) is 4.90 Å². The van der Waals surface area contributed by atoms with E-state index in [1.165, 1.54) is 18.4 Å². The van der Waals surface area contributed by atoms with E-state index < -0.39 is 0 Å². The van der Waals surface area contributed by atoms with E-state index >= 15 is 0 Å². The predicted octanol–water partition coefficient (Wildman–Crippen LogP) is 2.17. The number of hydrogen-bond donors (Lipinski definition) is 1. The lowest BCUT2D eigenvalue weighted by molar-refractivity contribution is 0.0656. The average Bonchev–Trinajstić information content (AvgIpc) is 3.11. The molecule has 1 aromatic carbocycles. The summed E-state index contributed by atoms with van der Waals surface area (Å²) in [6.07, 6.45) is 4.64. The minimum Gasteiger partial charge on any atom is -0.392 e. The van der Waals surface area contributed by atoms with E-state index in [0.717, 1.165) is 32.5 Å². The summed E-state index contributed by atoms with van der Waals surface area (Å²) in [6, 6.07) is 10.9. The smallest absolute Gasteiger partial charge is 0.0667 e. The zero-order valence-corrected chi connectivity index (χ0v) is 10.3. The monoisotopic (exact) mass is 231 g/mol. The van der Waals surface area contributed by atoms with Crippen molar-refractivity contribution < 1.29 is 5.11 Å². The van der Waals surface area contributed by atoms with Gasteiger partial charge in [0.05, 0.1) is 6.10 Å². The van der Waals surface area contributed by atoms with Gasteiger partial charge >= 0.3 is 0 Å². The third-order valence-corrected chi connectivity index (χ3v) is 4.25. The van der Waals surface area contributed by atoms with E-state index in [1.807, 2.05) is 0 Å². The molecular weight excluding hydrogens is 210 g/mol. The van der Waals surface area contributed by atoms with Gasteiger partial charge in [0.2, 0.25) is 0 Å². The van der Waals surface area contributed by atoms with Crippen LogP contribution in [-0.4, -0.2) is 35.7 Å². The van der Waals surface area contributed by atoms with Gasteiger partial charge in [0.15, 0.2) is 0 Å². The maximum Gasteiger partial charge on any atom is 0.0667 e. The van der Waals surface area contributed by atoms with Crippen LogP contribution in [0.4, 0.5) is 0 Å². The lowest BCUT2D eigenvalue weighted by Gasteiger charge is -2.33. The van der Waals surface area contributed by atoms with Crippen molar-refractivity contribution in [3.05, 3.63) is 35.9 Å². The zero-order valence-electron chi connectivity index (χ0n) is 10.3. The van der Waals surface area contributed by atoms with E-state index in [0.29, 0.717) is 5.41 Å². The van der Waals surface area contributed by atoms with Crippen LogP contribution in [0.2, 0.25) is 0 Å². The second-order valence-corrected chi connectivity index (χ2v) is 5.68. The highest BCUT2D eigenvalue weighted by molar-refractivity contribution is 5.31. The second kappa shape index (κ2) is 4.43. The Morgan fingerprint density at radius 2 is 2.00 bits per heavy atom. The summed E-state index contributed by atoms with van der Waals surface area (Å²) in [4.78, 5) is 2.45. The van der Waals surface area contributed by atoms with Crippen molar-refractivity contribution in [2.45, 2.75) is 37.2 Å². The fourth-order valence-electron chi connectivity index (χ4n) is 3.08. The SMILES string of the molecule is O[C@@H]1CCCN(CC2(c3ccccc3)CC2)C1. The summed E-state index contributed by atoms with van der Waals surface area (Å²) in [6.45, 7) is 3.16. The largest absolute Gasteiger partial charge is 0.392 e. The third-order valence-electron chi connectivity index (χ3n) is 4.25. The van der Waals surface area contributed by atoms with E-state index in [2.05, 4.69) is 35.2 Å². The first-order valence-corrected chi connectivity index (χ1v) is 6.74. The van der Waals surface area contributed by atoms with Crippen LogP contribution < -0.4 is 0 Å². The van der Waals surface area contributed by atoms with Crippen molar-refractivity contribution >= 4 is 0 Å². The molecule has 0 unspecified atom stereocenters. The molecule has 0 radical (unpaired) electrons. The van der Waals surface area contributed by atoms with Gasteiger partial charge in [-0.05, 0) is 37.8 Å². The van der Waals surface area contributed by atoms with Crippen LogP contribution >= 0.6 is 0 Å². The molecular formula is C15H21NO. The number of piperidine rings is 1. The summed E-state index contributed by atoms with van der Waals surface area (Å²) in [5.74, 6) is 0. The highest BCUT2D eigenvalue weighted by Crippen LogP contribution is 2.48. The second-order valence-electron chi connectivity index (χ2n) is 5.68. The fraction of sp³-hybridized carbons (Fsp3) is 0.600. The molecule has 0 spiro atoms. The quantitative estimate of drug-likeness (QED) is 0.862. The van der Waals surface area contributed by atoms with E-state index in [4.69, 9.17) is 0 Å². The Kier molecular flexibility index (Phi) is 2.93. The molecule has 0 amide bonds. The molecule has 1 saturated carbocycles. The van der Waals surface area contributed by atoms with E-state index in [-0.39, 0.29) is 6.10 Å². The molecule has 2 heteroatoms. The molecule has 1 aromatic rings. The number of aliphatic hydroxyl groups is 1. The van der Waals surface area contributed by atoms with E-state index in [1.54, 1.807) is 0 Å². The fourth-order valence-corrected chi connectivity index (χ4v) is 3.08. The van der Waals surface area contributed by atoms with Crippen LogP contribution in [0.3, 0.4) is 0 Å². The molecule has 92 valence electrons. The molecule has 3 rings (SSSR count). The molecule has 2 nitrogen and oxygen atoms in total. The summed E-state index contributed by atoms with van der Waals surface area (Å²) >= 11 is 0. The predicted molar refractivity (Wildman–Crippen MR) is 69.0 cm³/mol. The summed E-state index contributed by atoms with van der Waals surface area (Å²) in [5, 5.41) is 9.73. The molecule has 1 aliphatic heterocycles. The third kappa shape index (κ3) is 2.38. The lowest BCUT2D eigenvalue weighted by atomic mass is 9.94. The molecule has 17 heavy (non-hydrogen) atoms. The van der Waals surface area contributed by atoms with Crippen molar-refractivity contribution in [2.75, 3.05) is 19.6 Å². The number of hydrogen-bond acceptors (Lipinski definition) is 2. The average molecular weight is 231 g/mol. The highest BCUT2D eigenvalue weighted by atomic mass is 16.3. The minimum absolute atomic E-state index is 0.102. The Balaban J connectivity index is 1.68.